The van der Waals surface area contributed by atoms with E-state index in [-0.39, 0.29) is 6.04 Å². The Morgan fingerprint density at radius 3 is 2.50 bits per heavy atom. The SMILES string of the molecule is C[C@@H](Nc1ccncc1)c1ccccc1Cl. The lowest BCUT2D eigenvalue weighted by molar-refractivity contribution is 0.884. The molecule has 1 atom stereocenters. The number of nitrogens with zero attached hydrogens (tertiary/aromatic N) is 1. The van der Waals surface area contributed by atoms with Crippen molar-refractivity contribution >= 4 is 17.3 Å². The van der Waals surface area contributed by atoms with E-state index in [4.69, 9.17) is 11.6 Å². The van der Waals surface area contributed by atoms with Crippen LogP contribution in [0.15, 0.2) is 48.8 Å². The maximum Gasteiger partial charge on any atom is 0.0500 e. The molecule has 1 aromatic heterocycles. The molecular formula is C13H13ClN2. The van der Waals surface area contributed by atoms with Gasteiger partial charge in [-0.05, 0) is 30.7 Å². The van der Waals surface area contributed by atoms with E-state index < -0.39 is 0 Å². The molecule has 0 saturated carbocycles. The van der Waals surface area contributed by atoms with E-state index in [0.717, 1.165) is 16.3 Å². The summed E-state index contributed by atoms with van der Waals surface area (Å²) in [5.74, 6) is 0. The molecule has 3 heteroatoms. The molecule has 2 rings (SSSR count). The van der Waals surface area contributed by atoms with Crippen LogP contribution < -0.4 is 5.32 Å². The minimum absolute atomic E-state index is 0.177. The third kappa shape index (κ3) is 2.52. The van der Waals surface area contributed by atoms with Gasteiger partial charge in [-0.1, -0.05) is 29.8 Å². The number of anilines is 1. The van der Waals surface area contributed by atoms with E-state index in [1.54, 1.807) is 12.4 Å². The van der Waals surface area contributed by atoms with Crippen LogP contribution in [-0.4, -0.2) is 4.98 Å². The van der Waals surface area contributed by atoms with E-state index in [1.165, 1.54) is 0 Å². The van der Waals surface area contributed by atoms with Gasteiger partial charge in [0.05, 0.1) is 0 Å². The number of rotatable bonds is 3. The van der Waals surface area contributed by atoms with Gasteiger partial charge in [0.15, 0.2) is 0 Å². The lowest BCUT2D eigenvalue weighted by atomic mass is 10.1. The first-order valence-corrected chi connectivity index (χ1v) is 5.56. The second-order valence-electron chi connectivity index (χ2n) is 3.62. The number of hydrogen-bond donors (Lipinski definition) is 1. The van der Waals surface area contributed by atoms with Gasteiger partial charge in [-0.3, -0.25) is 4.98 Å². The van der Waals surface area contributed by atoms with Crippen molar-refractivity contribution in [3.8, 4) is 0 Å². The molecule has 1 heterocycles. The summed E-state index contributed by atoms with van der Waals surface area (Å²) in [6.07, 6.45) is 3.53. The highest BCUT2D eigenvalue weighted by atomic mass is 35.5. The molecule has 0 aliphatic rings. The topological polar surface area (TPSA) is 24.9 Å². The summed E-state index contributed by atoms with van der Waals surface area (Å²) in [6.45, 7) is 2.08. The summed E-state index contributed by atoms with van der Waals surface area (Å²) in [7, 11) is 0. The summed E-state index contributed by atoms with van der Waals surface area (Å²) in [5, 5.41) is 4.16. The molecule has 0 fully saturated rings. The van der Waals surface area contributed by atoms with Crippen LogP contribution in [0.4, 0.5) is 5.69 Å². The highest BCUT2D eigenvalue weighted by molar-refractivity contribution is 6.31. The Morgan fingerprint density at radius 1 is 1.12 bits per heavy atom. The van der Waals surface area contributed by atoms with Gasteiger partial charge in [0, 0.05) is 29.1 Å². The van der Waals surface area contributed by atoms with Crippen molar-refractivity contribution in [1.29, 1.82) is 0 Å². The van der Waals surface area contributed by atoms with Crippen LogP contribution in [0.25, 0.3) is 0 Å². The maximum atomic E-state index is 6.13. The van der Waals surface area contributed by atoms with E-state index in [1.807, 2.05) is 36.4 Å². The summed E-state index contributed by atoms with van der Waals surface area (Å²) in [6, 6.07) is 11.9. The summed E-state index contributed by atoms with van der Waals surface area (Å²) < 4.78 is 0. The summed E-state index contributed by atoms with van der Waals surface area (Å²) >= 11 is 6.13. The Bertz CT molecular complexity index is 456. The van der Waals surface area contributed by atoms with Crippen molar-refractivity contribution in [1.82, 2.24) is 4.98 Å². The second-order valence-corrected chi connectivity index (χ2v) is 4.03. The maximum absolute atomic E-state index is 6.13. The molecule has 0 spiro atoms. The zero-order chi connectivity index (χ0) is 11.4. The van der Waals surface area contributed by atoms with Gasteiger partial charge in [-0.15, -0.1) is 0 Å². The van der Waals surface area contributed by atoms with Crippen molar-refractivity contribution in [3.63, 3.8) is 0 Å². The number of pyridine rings is 1. The normalized spacial score (nSPS) is 12.1. The number of halogens is 1. The van der Waals surface area contributed by atoms with E-state index in [0.29, 0.717) is 0 Å². The Hall–Kier alpha value is -1.54. The first-order valence-electron chi connectivity index (χ1n) is 5.18. The molecule has 2 aromatic rings. The number of aromatic nitrogens is 1. The van der Waals surface area contributed by atoms with Gasteiger partial charge < -0.3 is 5.32 Å². The third-order valence-electron chi connectivity index (χ3n) is 2.44. The molecule has 2 nitrogen and oxygen atoms in total. The van der Waals surface area contributed by atoms with Gasteiger partial charge in [0.1, 0.15) is 0 Å². The van der Waals surface area contributed by atoms with Crippen LogP contribution in [0.5, 0.6) is 0 Å². The first-order chi connectivity index (χ1) is 7.77. The highest BCUT2D eigenvalue weighted by Gasteiger charge is 2.08. The second kappa shape index (κ2) is 4.99. The quantitative estimate of drug-likeness (QED) is 0.868. The van der Waals surface area contributed by atoms with Crippen LogP contribution in [0, 0.1) is 0 Å². The van der Waals surface area contributed by atoms with Crippen LogP contribution >= 0.6 is 11.6 Å². The molecule has 0 aliphatic carbocycles. The van der Waals surface area contributed by atoms with Gasteiger partial charge in [-0.25, -0.2) is 0 Å². The standard InChI is InChI=1S/C13H13ClN2/c1-10(12-4-2-3-5-13(12)14)16-11-6-8-15-9-7-11/h2-10H,1H3,(H,15,16)/t10-/m1/s1. The zero-order valence-corrected chi connectivity index (χ0v) is 9.78. The van der Waals surface area contributed by atoms with Crippen LogP contribution in [0.3, 0.4) is 0 Å². The van der Waals surface area contributed by atoms with Crippen LogP contribution in [-0.2, 0) is 0 Å². The van der Waals surface area contributed by atoms with E-state index >= 15 is 0 Å². The molecule has 0 radical (unpaired) electrons. The van der Waals surface area contributed by atoms with Crippen molar-refractivity contribution < 1.29 is 0 Å². The Labute approximate surface area is 100 Å². The molecule has 82 valence electrons. The van der Waals surface area contributed by atoms with E-state index in [9.17, 15) is 0 Å². The number of hydrogen-bond acceptors (Lipinski definition) is 2. The molecule has 0 aliphatic heterocycles. The Morgan fingerprint density at radius 2 is 1.81 bits per heavy atom. The fraction of sp³-hybridized carbons (Fsp3) is 0.154. The highest BCUT2D eigenvalue weighted by Crippen LogP contribution is 2.25. The monoisotopic (exact) mass is 232 g/mol. The van der Waals surface area contributed by atoms with Crippen molar-refractivity contribution in [3.05, 3.63) is 59.4 Å². The van der Waals surface area contributed by atoms with Crippen molar-refractivity contribution in [2.75, 3.05) is 5.32 Å². The smallest absolute Gasteiger partial charge is 0.0500 e. The van der Waals surface area contributed by atoms with Crippen molar-refractivity contribution in [2.45, 2.75) is 13.0 Å². The van der Waals surface area contributed by atoms with Crippen molar-refractivity contribution in [2.24, 2.45) is 0 Å². The molecule has 0 unspecified atom stereocenters. The molecule has 0 amide bonds. The Balaban J connectivity index is 2.15. The van der Waals surface area contributed by atoms with Gasteiger partial charge in [-0.2, -0.15) is 0 Å². The zero-order valence-electron chi connectivity index (χ0n) is 9.02. The summed E-state index contributed by atoms with van der Waals surface area (Å²) in [4.78, 5) is 3.98. The molecule has 1 aromatic carbocycles. The first kappa shape index (κ1) is 11.0. The van der Waals surface area contributed by atoms with E-state index in [2.05, 4.69) is 17.2 Å². The van der Waals surface area contributed by atoms with Crippen LogP contribution in [0.1, 0.15) is 18.5 Å². The fourth-order valence-electron chi connectivity index (χ4n) is 1.60. The third-order valence-corrected chi connectivity index (χ3v) is 2.78. The minimum atomic E-state index is 0.177. The predicted octanol–water partition coefficient (Wildman–Crippen LogP) is 3.91. The van der Waals surface area contributed by atoms with Gasteiger partial charge in [0.2, 0.25) is 0 Å². The lowest BCUT2D eigenvalue weighted by Crippen LogP contribution is -2.06. The molecule has 0 saturated heterocycles. The molecule has 16 heavy (non-hydrogen) atoms. The minimum Gasteiger partial charge on any atom is -0.378 e. The molecule has 1 N–H and O–H groups in total. The van der Waals surface area contributed by atoms with Crippen LogP contribution in [0.2, 0.25) is 5.02 Å². The average Bonchev–Trinajstić information content (AvgIpc) is 2.31. The molecular weight excluding hydrogens is 220 g/mol. The Kier molecular flexibility index (Phi) is 3.42. The van der Waals surface area contributed by atoms with Gasteiger partial charge in [0.25, 0.3) is 0 Å². The number of nitrogens with one attached hydrogen (secondary N) is 1. The van der Waals surface area contributed by atoms with Gasteiger partial charge >= 0.3 is 0 Å². The fourth-order valence-corrected chi connectivity index (χ4v) is 1.90. The molecule has 0 bridgehead atoms. The lowest BCUT2D eigenvalue weighted by Gasteiger charge is -2.16. The average molecular weight is 233 g/mol. The predicted molar refractivity (Wildman–Crippen MR) is 67.7 cm³/mol. The number of benzene rings is 1. The largest absolute Gasteiger partial charge is 0.378 e. The summed E-state index contributed by atoms with van der Waals surface area (Å²) in [5.41, 5.74) is 2.14.